The van der Waals surface area contributed by atoms with E-state index in [4.69, 9.17) is 22.1 Å². The minimum atomic E-state index is 0.310. The smallest absolute Gasteiger partial charge is 0.0735 e. The Bertz CT molecular complexity index is 356. The van der Waals surface area contributed by atoms with E-state index in [1.807, 2.05) is 24.3 Å². The van der Waals surface area contributed by atoms with Gasteiger partial charge in [0.25, 0.3) is 0 Å². The van der Waals surface area contributed by atoms with Crippen LogP contribution in [-0.4, -0.2) is 12.6 Å². The predicted molar refractivity (Wildman–Crippen MR) is 71.0 cm³/mol. The highest BCUT2D eigenvalue weighted by Gasteiger charge is 2.24. The number of benzene rings is 1. The zero-order valence-corrected chi connectivity index (χ0v) is 10.8. The standard InChI is InChI=1S/C14H20ClNO/c15-13-7-3-1-6-12(13)10-17-14-8-4-2-5-11(14)9-16/h1,3,6-7,11,14H,2,4-5,8-10,16H2. The van der Waals surface area contributed by atoms with Crippen molar-refractivity contribution in [1.29, 1.82) is 0 Å². The molecule has 2 N–H and O–H groups in total. The molecular formula is C14H20ClNO. The Morgan fingerprint density at radius 2 is 2.00 bits per heavy atom. The number of rotatable bonds is 4. The van der Waals surface area contributed by atoms with Crippen LogP contribution in [0.2, 0.25) is 5.02 Å². The van der Waals surface area contributed by atoms with E-state index < -0.39 is 0 Å². The lowest BCUT2D eigenvalue weighted by molar-refractivity contribution is -0.0182. The fraction of sp³-hybridized carbons (Fsp3) is 0.571. The van der Waals surface area contributed by atoms with Gasteiger partial charge in [-0.25, -0.2) is 0 Å². The highest BCUT2D eigenvalue weighted by Crippen LogP contribution is 2.27. The molecular weight excluding hydrogens is 234 g/mol. The van der Waals surface area contributed by atoms with Gasteiger partial charge >= 0.3 is 0 Å². The van der Waals surface area contributed by atoms with E-state index in [1.165, 1.54) is 19.3 Å². The van der Waals surface area contributed by atoms with E-state index in [0.29, 0.717) is 18.6 Å². The third-order valence-electron chi connectivity index (χ3n) is 3.55. The molecule has 1 saturated carbocycles. The van der Waals surface area contributed by atoms with Crippen LogP contribution >= 0.6 is 11.6 Å². The molecule has 0 saturated heterocycles. The average Bonchev–Trinajstić information content (AvgIpc) is 2.38. The molecule has 1 fully saturated rings. The predicted octanol–water partition coefficient (Wildman–Crippen LogP) is 3.37. The Balaban J connectivity index is 1.90. The van der Waals surface area contributed by atoms with Gasteiger partial charge in [-0.3, -0.25) is 0 Å². The molecule has 0 aliphatic heterocycles. The van der Waals surface area contributed by atoms with Crippen molar-refractivity contribution in [3.05, 3.63) is 34.9 Å². The number of halogens is 1. The minimum absolute atomic E-state index is 0.310. The van der Waals surface area contributed by atoms with Gasteiger partial charge in [0.2, 0.25) is 0 Å². The van der Waals surface area contributed by atoms with Gasteiger partial charge in [0, 0.05) is 5.02 Å². The van der Waals surface area contributed by atoms with Crippen molar-refractivity contribution < 1.29 is 4.74 Å². The van der Waals surface area contributed by atoms with Crippen molar-refractivity contribution in [3.8, 4) is 0 Å². The second-order valence-corrected chi connectivity index (χ2v) is 5.13. The Morgan fingerprint density at radius 3 is 2.76 bits per heavy atom. The molecule has 0 spiro atoms. The third-order valence-corrected chi connectivity index (χ3v) is 3.92. The average molecular weight is 254 g/mol. The summed E-state index contributed by atoms with van der Waals surface area (Å²) in [4.78, 5) is 0. The molecule has 2 atom stereocenters. The molecule has 1 aliphatic carbocycles. The molecule has 1 aromatic rings. The summed E-state index contributed by atoms with van der Waals surface area (Å²) < 4.78 is 5.99. The number of nitrogens with two attached hydrogens (primary N) is 1. The van der Waals surface area contributed by atoms with E-state index >= 15 is 0 Å². The summed E-state index contributed by atoms with van der Waals surface area (Å²) in [5.41, 5.74) is 6.85. The molecule has 0 aromatic heterocycles. The zero-order chi connectivity index (χ0) is 12.1. The first-order valence-corrected chi connectivity index (χ1v) is 6.74. The molecule has 0 heterocycles. The minimum Gasteiger partial charge on any atom is -0.373 e. The maximum absolute atomic E-state index is 6.11. The number of hydrogen-bond acceptors (Lipinski definition) is 2. The third kappa shape index (κ3) is 3.44. The van der Waals surface area contributed by atoms with Gasteiger partial charge in [-0.1, -0.05) is 42.6 Å². The van der Waals surface area contributed by atoms with Crippen molar-refractivity contribution in [2.45, 2.75) is 38.4 Å². The van der Waals surface area contributed by atoms with Crippen LogP contribution in [0.25, 0.3) is 0 Å². The molecule has 3 heteroatoms. The van der Waals surface area contributed by atoms with Crippen molar-refractivity contribution in [2.24, 2.45) is 11.7 Å². The quantitative estimate of drug-likeness (QED) is 0.893. The zero-order valence-electron chi connectivity index (χ0n) is 10.1. The largest absolute Gasteiger partial charge is 0.373 e. The van der Waals surface area contributed by atoms with E-state index in [2.05, 4.69) is 0 Å². The maximum Gasteiger partial charge on any atom is 0.0735 e. The Kier molecular flexibility index (Phi) is 4.84. The topological polar surface area (TPSA) is 35.2 Å². The van der Waals surface area contributed by atoms with Crippen LogP contribution in [0.4, 0.5) is 0 Å². The van der Waals surface area contributed by atoms with Crippen LogP contribution in [-0.2, 0) is 11.3 Å². The summed E-state index contributed by atoms with van der Waals surface area (Å²) >= 11 is 6.11. The van der Waals surface area contributed by atoms with E-state index in [0.717, 1.165) is 23.6 Å². The first-order valence-electron chi connectivity index (χ1n) is 6.36. The van der Waals surface area contributed by atoms with E-state index in [9.17, 15) is 0 Å². The fourth-order valence-electron chi connectivity index (χ4n) is 2.47. The number of ether oxygens (including phenoxy) is 1. The van der Waals surface area contributed by atoms with Crippen LogP contribution < -0.4 is 5.73 Å². The molecule has 2 unspecified atom stereocenters. The lowest BCUT2D eigenvalue weighted by atomic mass is 9.86. The first kappa shape index (κ1) is 12.9. The van der Waals surface area contributed by atoms with Crippen LogP contribution in [0.5, 0.6) is 0 Å². The van der Waals surface area contributed by atoms with Crippen molar-refractivity contribution in [2.75, 3.05) is 6.54 Å². The van der Waals surface area contributed by atoms with Crippen molar-refractivity contribution in [1.82, 2.24) is 0 Å². The molecule has 0 amide bonds. The van der Waals surface area contributed by atoms with E-state index in [1.54, 1.807) is 0 Å². The summed E-state index contributed by atoms with van der Waals surface area (Å²) in [7, 11) is 0. The normalized spacial score (nSPS) is 24.8. The van der Waals surface area contributed by atoms with Crippen molar-refractivity contribution >= 4 is 11.6 Å². The summed E-state index contributed by atoms with van der Waals surface area (Å²) in [6.07, 6.45) is 5.18. The van der Waals surface area contributed by atoms with Crippen LogP contribution in [0, 0.1) is 5.92 Å². The summed E-state index contributed by atoms with van der Waals surface area (Å²) in [6, 6.07) is 7.85. The second-order valence-electron chi connectivity index (χ2n) is 4.72. The molecule has 1 aliphatic rings. The summed E-state index contributed by atoms with van der Waals surface area (Å²) in [6.45, 7) is 1.33. The Hall–Kier alpha value is -0.570. The highest BCUT2D eigenvalue weighted by atomic mass is 35.5. The number of hydrogen-bond donors (Lipinski definition) is 1. The van der Waals surface area contributed by atoms with Gasteiger partial charge in [0.1, 0.15) is 0 Å². The van der Waals surface area contributed by atoms with Gasteiger partial charge < -0.3 is 10.5 Å². The molecule has 1 aromatic carbocycles. The van der Waals surface area contributed by atoms with Gasteiger partial charge in [0.15, 0.2) is 0 Å². The first-order chi connectivity index (χ1) is 8.31. The fourth-order valence-corrected chi connectivity index (χ4v) is 2.67. The van der Waals surface area contributed by atoms with Crippen LogP contribution in [0.3, 0.4) is 0 Å². The molecule has 0 radical (unpaired) electrons. The van der Waals surface area contributed by atoms with Crippen LogP contribution in [0.15, 0.2) is 24.3 Å². The Morgan fingerprint density at radius 1 is 1.24 bits per heavy atom. The Labute approximate surface area is 108 Å². The highest BCUT2D eigenvalue weighted by molar-refractivity contribution is 6.31. The van der Waals surface area contributed by atoms with Gasteiger partial charge in [-0.2, -0.15) is 0 Å². The lowest BCUT2D eigenvalue weighted by Crippen LogP contribution is -2.33. The molecule has 0 bridgehead atoms. The molecule has 17 heavy (non-hydrogen) atoms. The van der Waals surface area contributed by atoms with Gasteiger partial charge in [0.05, 0.1) is 12.7 Å². The van der Waals surface area contributed by atoms with Crippen molar-refractivity contribution in [3.63, 3.8) is 0 Å². The molecule has 94 valence electrons. The SMILES string of the molecule is NCC1CCCCC1OCc1ccccc1Cl. The maximum atomic E-state index is 6.11. The van der Waals surface area contributed by atoms with Gasteiger partial charge in [-0.15, -0.1) is 0 Å². The summed E-state index contributed by atoms with van der Waals surface area (Å²) in [5.74, 6) is 0.520. The van der Waals surface area contributed by atoms with E-state index in [-0.39, 0.29) is 0 Å². The molecule has 2 rings (SSSR count). The molecule has 2 nitrogen and oxygen atoms in total. The monoisotopic (exact) mass is 253 g/mol. The summed E-state index contributed by atoms with van der Waals surface area (Å²) in [5, 5.41) is 0.785. The second kappa shape index (κ2) is 6.39. The van der Waals surface area contributed by atoms with Gasteiger partial charge in [-0.05, 0) is 36.9 Å². The van der Waals surface area contributed by atoms with Crippen LogP contribution in [0.1, 0.15) is 31.2 Å². The lowest BCUT2D eigenvalue weighted by Gasteiger charge is -2.30.